The van der Waals surface area contributed by atoms with Crippen LogP contribution in [0.3, 0.4) is 0 Å². The zero-order chi connectivity index (χ0) is 24.5. The average molecular weight is 470 g/mol. The fourth-order valence-electron chi connectivity index (χ4n) is 4.89. The first-order valence-corrected chi connectivity index (χ1v) is 12.1. The standard InChI is InChI=1S/C29H31N3O3/c1-19-12-13-21(3)27(14-19)35-18-23(33)17-32-26-11-7-5-9-24(26)30-29(32)22-15-28(34)31(16-22)25-10-6-4-8-20(25)2/h4-14,22-23,33H,15-18H2,1-3H3/t22-,23-/m1/s1. The Balaban J connectivity index is 1.39. The summed E-state index contributed by atoms with van der Waals surface area (Å²) in [6, 6.07) is 22.0. The van der Waals surface area contributed by atoms with Crippen LogP contribution in [0.2, 0.25) is 0 Å². The molecule has 6 heteroatoms. The van der Waals surface area contributed by atoms with Gasteiger partial charge < -0.3 is 19.3 Å². The van der Waals surface area contributed by atoms with Crippen LogP contribution in [0.5, 0.6) is 5.75 Å². The summed E-state index contributed by atoms with van der Waals surface area (Å²) in [7, 11) is 0. The number of benzene rings is 3. The number of amides is 1. The molecule has 2 heterocycles. The van der Waals surface area contributed by atoms with Crippen LogP contribution in [-0.4, -0.2) is 39.8 Å². The Labute approximate surface area is 205 Å². The maximum absolute atomic E-state index is 13.0. The molecule has 1 aliphatic rings. The number of nitrogens with zero attached hydrogens (tertiary/aromatic N) is 3. The van der Waals surface area contributed by atoms with Crippen molar-refractivity contribution >= 4 is 22.6 Å². The second kappa shape index (κ2) is 9.55. The van der Waals surface area contributed by atoms with Crippen molar-refractivity contribution in [3.05, 3.63) is 89.2 Å². The van der Waals surface area contributed by atoms with Gasteiger partial charge in [-0.15, -0.1) is 0 Å². The fraction of sp³-hybridized carbons (Fsp3) is 0.310. The van der Waals surface area contributed by atoms with Gasteiger partial charge in [-0.1, -0.05) is 42.5 Å². The van der Waals surface area contributed by atoms with Crippen molar-refractivity contribution in [3.63, 3.8) is 0 Å². The Morgan fingerprint density at radius 3 is 2.63 bits per heavy atom. The molecule has 0 spiro atoms. The van der Waals surface area contributed by atoms with E-state index in [9.17, 15) is 9.90 Å². The molecule has 0 unspecified atom stereocenters. The molecule has 1 N–H and O–H groups in total. The third-order valence-electron chi connectivity index (χ3n) is 6.75. The Bertz CT molecular complexity index is 1380. The van der Waals surface area contributed by atoms with Crippen LogP contribution in [0.15, 0.2) is 66.7 Å². The topological polar surface area (TPSA) is 67.6 Å². The lowest BCUT2D eigenvalue weighted by Gasteiger charge is -2.20. The zero-order valence-electron chi connectivity index (χ0n) is 20.4. The Morgan fingerprint density at radius 1 is 1.03 bits per heavy atom. The van der Waals surface area contributed by atoms with E-state index in [-0.39, 0.29) is 18.4 Å². The smallest absolute Gasteiger partial charge is 0.227 e. The van der Waals surface area contributed by atoms with Crippen LogP contribution < -0.4 is 9.64 Å². The van der Waals surface area contributed by atoms with Crippen LogP contribution in [0.4, 0.5) is 5.69 Å². The summed E-state index contributed by atoms with van der Waals surface area (Å²) >= 11 is 0. The third kappa shape index (κ3) is 4.66. The van der Waals surface area contributed by atoms with Crippen LogP contribution in [0.25, 0.3) is 11.0 Å². The predicted molar refractivity (Wildman–Crippen MR) is 138 cm³/mol. The molecule has 0 radical (unpaired) electrons. The lowest BCUT2D eigenvalue weighted by Crippen LogP contribution is -2.27. The van der Waals surface area contributed by atoms with Crippen LogP contribution in [0, 0.1) is 20.8 Å². The molecule has 1 aromatic heterocycles. The maximum Gasteiger partial charge on any atom is 0.227 e. The zero-order valence-corrected chi connectivity index (χ0v) is 20.4. The van der Waals surface area contributed by atoms with Crippen molar-refractivity contribution in [1.82, 2.24) is 9.55 Å². The van der Waals surface area contributed by atoms with E-state index in [4.69, 9.17) is 9.72 Å². The van der Waals surface area contributed by atoms with E-state index in [1.54, 1.807) is 0 Å². The van der Waals surface area contributed by atoms with Gasteiger partial charge >= 0.3 is 0 Å². The molecule has 0 saturated carbocycles. The second-order valence-corrected chi connectivity index (χ2v) is 9.49. The van der Waals surface area contributed by atoms with E-state index in [0.29, 0.717) is 19.5 Å². The van der Waals surface area contributed by atoms with Gasteiger partial charge in [-0.2, -0.15) is 0 Å². The molecule has 1 amide bonds. The molecule has 6 nitrogen and oxygen atoms in total. The minimum Gasteiger partial charge on any atom is -0.491 e. The quantitative estimate of drug-likeness (QED) is 0.417. The molecule has 5 rings (SSSR count). The van der Waals surface area contributed by atoms with E-state index in [0.717, 1.165) is 45.0 Å². The third-order valence-corrected chi connectivity index (χ3v) is 6.75. The first-order valence-electron chi connectivity index (χ1n) is 12.1. The van der Waals surface area contributed by atoms with E-state index < -0.39 is 6.10 Å². The van der Waals surface area contributed by atoms with Crippen LogP contribution in [-0.2, 0) is 11.3 Å². The fourth-order valence-corrected chi connectivity index (χ4v) is 4.89. The number of aryl methyl sites for hydroxylation is 3. The molecule has 2 atom stereocenters. The first kappa shape index (κ1) is 23.1. The van der Waals surface area contributed by atoms with Crippen molar-refractivity contribution < 1.29 is 14.6 Å². The van der Waals surface area contributed by atoms with Gasteiger partial charge in [0.15, 0.2) is 0 Å². The molecular weight excluding hydrogens is 438 g/mol. The number of ether oxygens (including phenoxy) is 1. The number of anilines is 1. The van der Waals surface area contributed by atoms with E-state index in [1.165, 1.54) is 0 Å². The van der Waals surface area contributed by atoms with Gasteiger partial charge in [0.2, 0.25) is 5.91 Å². The highest BCUT2D eigenvalue weighted by atomic mass is 16.5. The van der Waals surface area contributed by atoms with E-state index >= 15 is 0 Å². The summed E-state index contributed by atoms with van der Waals surface area (Å²) in [6.07, 6.45) is -0.330. The molecular formula is C29H31N3O3. The monoisotopic (exact) mass is 469 g/mol. The van der Waals surface area contributed by atoms with Gasteiger partial charge in [0, 0.05) is 24.6 Å². The number of hydrogen-bond donors (Lipinski definition) is 1. The van der Waals surface area contributed by atoms with Gasteiger partial charge in [0.25, 0.3) is 0 Å². The number of para-hydroxylation sites is 3. The highest BCUT2D eigenvalue weighted by molar-refractivity contribution is 5.97. The summed E-state index contributed by atoms with van der Waals surface area (Å²) in [5.74, 6) is 1.67. The number of fused-ring (bicyclic) bond motifs is 1. The summed E-state index contributed by atoms with van der Waals surface area (Å²) in [6.45, 7) is 7.14. The molecule has 1 aliphatic heterocycles. The number of imidazole rings is 1. The summed E-state index contributed by atoms with van der Waals surface area (Å²) < 4.78 is 8.03. The normalized spacial score (nSPS) is 16.7. The number of aliphatic hydroxyl groups is 1. The van der Waals surface area contributed by atoms with Crippen LogP contribution in [0.1, 0.15) is 34.9 Å². The largest absolute Gasteiger partial charge is 0.491 e. The molecule has 35 heavy (non-hydrogen) atoms. The lowest BCUT2D eigenvalue weighted by molar-refractivity contribution is -0.117. The minimum atomic E-state index is -0.726. The number of aromatic nitrogens is 2. The number of carbonyl (C=O) groups excluding carboxylic acids is 1. The molecule has 4 aromatic rings. The van der Waals surface area contributed by atoms with Gasteiger partial charge in [0.1, 0.15) is 24.3 Å². The molecule has 180 valence electrons. The highest BCUT2D eigenvalue weighted by Crippen LogP contribution is 2.34. The van der Waals surface area contributed by atoms with Crippen molar-refractivity contribution in [3.8, 4) is 5.75 Å². The molecule has 0 bridgehead atoms. The SMILES string of the molecule is Cc1ccc(C)c(OC[C@H](O)Cn2c([C@@H]3CC(=O)N(c4ccccc4C)C3)nc3ccccc32)c1. The molecule has 3 aromatic carbocycles. The summed E-state index contributed by atoms with van der Waals surface area (Å²) in [5, 5.41) is 10.9. The number of rotatable bonds is 7. The molecule has 1 fully saturated rings. The first-order chi connectivity index (χ1) is 16.9. The Hall–Kier alpha value is -3.64. The van der Waals surface area contributed by atoms with Gasteiger partial charge in [0.05, 0.1) is 17.6 Å². The number of carbonyl (C=O) groups is 1. The van der Waals surface area contributed by atoms with Gasteiger partial charge in [-0.3, -0.25) is 4.79 Å². The van der Waals surface area contributed by atoms with Crippen molar-refractivity contribution in [2.24, 2.45) is 0 Å². The highest BCUT2D eigenvalue weighted by Gasteiger charge is 2.35. The van der Waals surface area contributed by atoms with Gasteiger partial charge in [-0.05, 0) is 61.7 Å². The van der Waals surface area contributed by atoms with Crippen molar-refractivity contribution in [2.45, 2.75) is 45.8 Å². The molecule has 1 saturated heterocycles. The van der Waals surface area contributed by atoms with E-state index in [1.807, 2.05) is 92.4 Å². The summed E-state index contributed by atoms with van der Waals surface area (Å²) in [5.41, 5.74) is 6.00. The van der Waals surface area contributed by atoms with Crippen molar-refractivity contribution in [2.75, 3.05) is 18.1 Å². The number of hydrogen-bond acceptors (Lipinski definition) is 4. The summed E-state index contributed by atoms with van der Waals surface area (Å²) in [4.78, 5) is 19.8. The predicted octanol–water partition coefficient (Wildman–Crippen LogP) is 4.92. The van der Waals surface area contributed by atoms with Gasteiger partial charge in [-0.25, -0.2) is 4.98 Å². The lowest BCUT2D eigenvalue weighted by atomic mass is 10.1. The average Bonchev–Trinajstić information content (AvgIpc) is 3.40. The number of aliphatic hydroxyl groups excluding tert-OH is 1. The Kier molecular flexibility index (Phi) is 6.31. The second-order valence-electron chi connectivity index (χ2n) is 9.49. The minimum absolute atomic E-state index is 0.0540. The van der Waals surface area contributed by atoms with Crippen LogP contribution >= 0.6 is 0 Å². The Morgan fingerprint density at radius 2 is 1.80 bits per heavy atom. The molecule has 0 aliphatic carbocycles. The van der Waals surface area contributed by atoms with Crippen molar-refractivity contribution in [1.29, 1.82) is 0 Å². The maximum atomic E-state index is 13.0. The van der Waals surface area contributed by atoms with E-state index in [2.05, 4.69) is 4.57 Å².